The number of hydrogen-bond donors (Lipinski definition) is 0. The van der Waals surface area contributed by atoms with Crippen molar-refractivity contribution in [3.05, 3.63) is 72.4 Å². The summed E-state index contributed by atoms with van der Waals surface area (Å²) >= 11 is 0. The van der Waals surface area contributed by atoms with Gasteiger partial charge in [0.15, 0.2) is 0 Å². The van der Waals surface area contributed by atoms with Crippen LogP contribution in [0.4, 0.5) is 0 Å². The molecule has 1 nitrogen and oxygen atoms in total. The first-order valence-corrected chi connectivity index (χ1v) is 4.51. The molecule has 2 heteroatoms. The topological polar surface area (TPSA) is 12.9 Å². The van der Waals surface area contributed by atoms with E-state index in [1.165, 1.54) is 0 Å². The van der Waals surface area contributed by atoms with Crippen LogP contribution in [0.1, 0.15) is 17.0 Å². The Morgan fingerprint density at radius 3 is 2.67 bits per heavy atom. The van der Waals surface area contributed by atoms with Crippen molar-refractivity contribution < 1.29 is 22.4 Å². The molecule has 0 spiro atoms. The number of benzene rings is 1. The molecule has 0 N–H and O–H groups in total. The molecule has 0 aliphatic heterocycles. The summed E-state index contributed by atoms with van der Waals surface area (Å²) in [6.45, 7) is 5.59. The Hall–Kier alpha value is -0.890. The van der Waals surface area contributed by atoms with Gasteiger partial charge in [0.25, 0.3) is 0 Å². The molecule has 1 aromatic heterocycles. The first-order chi connectivity index (χ1) is 6.84. The molecule has 0 aliphatic carbocycles. The van der Waals surface area contributed by atoms with Gasteiger partial charge in [-0.15, -0.1) is 0 Å². The van der Waals surface area contributed by atoms with E-state index in [4.69, 9.17) is 6.92 Å². The van der Waals surface area contributed by atoms with Crippen LogP contribution in [-0.4, -0.2) is 4.98 Å². The fraction of sp³-hybridized carbons (Fsp3) is 0.0769. The van der Waals surface area contributed by atoms with E-state index in [-0.39, 0.29) is 22.4 Å². The normalized spacial score (nSPS) is 9.40. The van der Waals surface area contributed by atoms with Crippen LogP contribution in [0.5, 0.6) is 0 Å². The molecule has 1 aromatic carbocycles. The minimum atomic E-state index is 0. The fourth-order valence-electron chi connectivity index (χ4n) is 1.33. The maximum Gasteiger partial charge on any atom is 1.00 e. The van der Waals surface area contributed by atoms with Gasteiger partial charge in [0, 0.05) is 18.3 Å². The first kappa shape index (κ1) is 12.2. The monoisotopic (exact) mass is 287 g/mol. The molecule has 15 heavy (non-hydrogen) atoms. The zero-order valence-corrected chi connectivity index (χ0v) is 9.56. The molecule has 0 unspecified atom stereocenters. The summed E-state index contributed by atoms with van der Waals surface area (Å²) < 4.78 is 0. The summed E-state index contributed by atoms with van der Waals surface area (Å²) in [6, 6.07) is 16.7. The van der Waals surface area contributed by atoms with Crippen LogP contribution in [0.3, 0.4) is 0 Å². The van der Waals surface area contributed by atoms with E-state index in [0.717, 1.165) is 17.7 Å². The molecular weight excluding hydrogens is 278 g/mol. The molecule has 0 saturated heterocycles. The van der Waals surface area contributed by atoms with Crippen LogP contribution in [-0.2, 0) is 28.8 Å². The maximum atomic E-state index is 5.59. The minimum Gasteiger partial charge on any atom is -0.257 e. The summed E-state index contributed by atoms with van der Waals surface area (Å²) in [7, 11) is 0. The van der Waals surface area contributed by atoms with Crippen LogP contribution >= 0.6 is 0 Å². The van der Waals surface area contributed by atoms with Crippen LogP contribution in [0.15, 0.2) is 42.5 Å². The molecular formula is C13H10AgN. The van der Waals surface area contributed by atoms with E-state index in [0.29, 0.717) is 5.69 Å². The van der Waals surface area contributed by atoms with E-state index in [1.807, 2.05) is 36.4 Å². The van der Waals surface area contributed by atoms with E-state index in [9.17, 15) is 0 Å². The minimum absolute atomic E-state index is 0. The van der Waals surface area contributed by atoms with Gasteiger partial charge in [0.2, 0.25) is 0 Å². The number of pyridine rings is 1. The summed E-state index contributed by atoms with van der Waals surface area (Å²) in [4.78, 5) is 4.23. The van der Waals surface area contributed by atoms with E-state index >= 15 is 0 Å². The summed E-state index contributed by atoms with van der Waals surface area (Å²) in [5.74, 6) is 0. The molecule has 0 aliphatic rings. The summed E-state index contributed by atoms with van der Waals surface area (Å²) in [5.41, 5.74) is 2.68. The summed E-state index contributed by atoms with van der Waals surface area (Å²) in [6.07, 6.45) is 0.784. The van der Waals surface area contributed by atoms with Gasteiger partial charge in [-0.1, -0.05) is 6.07 Å². The molecule has 0 saturated carbocycles. The number of hydrogen-bond acceptors (Lipinski definition) is 1. The van der Waals surface area contributed by atoms with Gasteiger partial charge in [-0.05, 0) is 18.6 Å². The van der Waals surface area contributed by atoms with Gasteiger partial charge in [-0.25, -0.2) is 0 Å². The zero-order valence-electron chi connectivity index (χ0n) is 8.07. The Kier molecular flexibility index (Phi) is 4.76. The SMILES string of the molecule is [Ag+].[CH]c1cccc(Cc2[c-]cccc2)n1. The molecule has 0 atom stereocenters. The van der Waals surface area contributed by atoms with Crippen molar-refractivity contribution in [1.82, 2.24) is 4.98 Å². The van der Waals surface area contributed by atoms with Crippen molar-refractivity contribution >= 4 is 0 Å². The first-order valence-electron chi connectivity index (χ1n) is 4.51. The van der Waals surface area contributed by atoms with E-state index < -0.39 is 0 Å². The third-order valence-corrected chi connectivity index (χ3v) is 1.97. The fourth-order valence-corrected chi connectivity index (χ4v) is 1.33. The maximum absolute atomic E-state index is 5.59. The van der Waals surface area contributed by atoms with Crippen molar-refractivity contribution in [2.24, 2.45) is 0 Å². The van der Waals surface area contributed by atoms with E-state index in [2.05, 4.69) is 11.1 Å². The number of rotatable bonds is 2. The number of aromatic nitrogens is 1. The average molecular weight is 288 g/mol. The molecule has 1 heterocycles. The zero-order chi connectivity index (χ0) is 9.80. The van der Waals surface area contributed by atoms with Crippen molar-refractivity contribution in [3.63, 3.8) is 0 Å². The van der Waals surface area contributed by atoms with Gasteiger partial charge in [-0.2, -0.15) is 35.9 Å². The predicted molar refractivity (Wildman–Crippen MR) is 55.7 cm³/mol. The van der Waals surface area contributed by atoms with Crippen molar-refractivity contribution in [3.8, 4) is 0 Å². The molecule has 78 valence electrons. The molecule has 0 bridgehead atoms. The Labute approximate surface area is 106 Å². The van der Waals surface area contributed by atoms with Crippen molar-refractivity contribution in [2.45, 2.75) is 6.42 Å². The smallest absolute Gasteiger partial charge is 0.257 e. The second-order valence-electron chi connectivity index (χ2n) is 3.12. The van der Waals surface area contributed by atoms with Crippen molar-refractivity contribution in [2.75, 3.05) is 0 Å². The van der Waals surface area contributed by atoms with Crippen molar-refractivity contribution in [1.29, 1.82) is 0 Å². The van der Waals surface area contributed by atoms with Gasteiger partial charge < -0.3 is 0 Å². The standard InChI is InChI=1S/C13H10N.Ag/c1-11-6-5-9-13(14-11)10-12-7-3-2-4-8-12;/h1-7,9H,10H2;/q-1;+1. The second-order valence-corrected chi connectivity index (χ2v) is 3.12. The molecule has 2 radical (unpaired) electrons. The predicted octanol–water partition coefficient (Wildman–Crippen LogP) is 2.53. The summed E-state index contributed by atoms with van der Waals surface area (Å²) in [5, 5.41) is 0. The van der Waals surface area contributed by atoms with Gasteiger partial charge >= 0.3 is 22.4 Å². The second kappa shape index (κ2) is 5.86. The Balaban J connectivity index is 0.00000112. The van der Waals surface area contributed by atoms with Crippen LogP contribution < -0.4 is 0 Å². The third kappa shape index (κ3) is 3.63. The van der Waals surface area contributed by atoms with Gasteiger partial charge in [0.05, 0.1) is 0 Å². The van der Waals surface area contributed by atoms with Gasteiger partial charge in [0.1, 0.15) is 0 Å². The largest absolute Gasteiger partial charge is 1.00 e. The Morgan fingerprint density at radius 2 is 2.00 bits per heavy atom. The van der Waals surface area contributed by atoms with Gasteiger partial charge in [-0.3, -0.25) is 4.98 Å². The van der Waals surface area contributed by atoms with Crippen LogP contribution in [0.2, 0.25) is 0 Å². The number of nitrogens with zero attached hydrogens (tertiary/aromatic N) is 1. The Bertz CT molecular complexity index is 412. The molecule has 2 aromatic rings. The average Bonchev–Trinajstić information content (AvgIpc) is 2.19. The van der Waals surface area contributed by atoms with Crippen LogP contribution in [0, 0.1) is 13.0 Å². The molecule has 2 rings (SSSR count). The molecule has 0 amide bonds. The van der Waals surface area contributed by atoms with Crippen LogP contribution in [0.25, 0.3) is 0 Å². The Morgan fingerprint density at radius 1 is 1.13 bits per heavy atom. The van der Waals surface area contributed by atoms with E-state index in [1.54, 1.807) is 6.07 Å². The quantitative estimate of drug-likeness (QED) is 0.611. The molecule has 0 fully saturated rings. The third-order valence-electron chi connectivity index (χ3n) is 1.97.